The molecule has 0 saturated carbocycles. The summed E-state index contributed by atoms with van der Waals surface area (Å²) in [7, 11) is -3.75. The van der Waals surface area contributed by atoms with Gasteiger partial charge in [0.05, 0.1) is 20.6 Å². The van der Waals surface area contributed by atoms with Gasteiger partial charge in [-0.15, -0.1) is 0 Å². The highest BCUT2D eigenvalue weighted by Crippen LogP contribution is 2.29. The zero-order valence-electron chi connectivity index (χ0n) is 11.4. The molecule has 0 aliphatic carbocycles. The normalized spacial score (nSPS) is 11.4. The average molecular weight is 345 g/mol. The second kappa shape index (κ2) is 5.75. The molecule has 4 nitrogen and oxygen atoms in total. The Hall–Kier alpha value is -1.43. The van der Waals surface area contributed by atoms with Crippen molar-refractivity contribution >= 4 is 44.6 Å². The number of anilines is 2. The quantitative estimate of drug-likeness (QED) is 0.826. The third-order valence-electron chi connectivity index (χ3n) is 3.18. The van der Waals surface area contributed by atoms with Gasteiger partial charge in [0, 0.05) is 5.69 Å². The smallest absolute Gasteiger partial charge is 0.261 e. The molecule has 21 heavy (non-hydrogen) atoms. The fourth-order valence-electron chi connectivity index (χ4n) is 1.82. The Balaban J connectivity index is 2.42. The largest absolute Gasteiger partial charge is 0.398 e. The van der Waals surface area contributed by atoms with Gasteiger partial charge in [-0.2, -0.15) is 0 Å². The van der Waals surface area contributed by atoms with E-state index in [1.807, 2.05) is 6.92 Å². The summed E-state index contributed by atoms with van der Waals surface area (Å²) >= 11 is 11.6. The number of nitrogens with one attached hydrogen (secondary N) is 1. The van der Waals surface area contributed by atoms with E-state index in [9.17, 15) is 8.42 Å². The first kappa shape index (κ1) is 15.9. The van der Waals surface area contributed by atoms with Crippen LogP contribution in [-0.2, 0) is 10.0 Å². The number of hydrogen-bond acceptors (Lipinski definition) is 3. The molecule has 0 radical (unpaired) electrons. The van der Waals surface area contributed by atoms with Crippen LogP contribution in [0.25, 0.3) is 0 Å². The number of hydrogen-bond donors (Lipinski definition) is 2. The number of nitrogen functional groups attached to an aromatic ring is 1. The van der Waals surface area contributed by atoms with E-state index in [0.29, 0.717) is 22.0 Å². The SMILES string of the molecule is Cc1ccc(NS(=O)(=O)c2ccc(Cl)c(Cl)c2)c(C)c1N. The second-order valence-corrected chi connectivity index (χ2v) is 7.15. The lowest BCUT2D eigenvalue weighted by Gasteiger charge is -2.14. The number of aryl methyl sites for hydroxylation is 1. The van der Waals surface area contributed by atoms with E-state index in [2.05, 4.69) is 4.72 Å². The molecule has 2 aromatic carbocycles. The van der Waals surface area contributed by atoms with Crippen molar-refractivity contribution in [3.05, 3.63) is 51.5 Å². The Kier molecular flexibility index (Phi) is 4.37. The number of halogens is 2. The lowest BCUT2D eigenvalue weighted by molar-refractivity contribution is 0.601. The van der Waals surface area contributed by atoms with Crippen LogP contribution in [0.4, 0.5) is 11.4 Å². The molecule has 0 aliphatic heterocycles. The highest BCUT2D eigenvalue weighted by atomic mass is 35.5. The molecule has 112 valence electrons. The molecule has 0 atom stereocenters. The van der Waals surface area contributed by atoms with Crippen molar-refractivity contribution in [3.63, 3.8) is 0 Å². The van der Waals surface area contributed by atoms with Crippen LogP contribution in [0.15, 0.2) is 35.2 Å². The first-order valence-electron chi connectivity index (χ1n) is 6.06. The van der Waals surface area contributed by atoms with Crippen molar-refractivity contribution in [2.24, 2.45) is 0 Å². The molecule has 2 rings (SSSR count). The van der Waals surface area contributed by atoms with Crippen molar-refractivity contribution in [3.8, 4) is 0 Å². The molecule has 0 saturated heterocycles. The predicted octanol–water partition coefficient (Wildman–Crippen LogP) is 3.99. The predicted molar refractivity (Wildman–Crippen MR) is 87.6 cm³/mol. The summed E-state index contributed by atoms with van der Waals surface area (Å²) in [5.74, 6) is 0. The molecular formula is C14H14Cl2N2O2S. The molecule has 0 aliphatic rings. The Morgan fingerprint density at radius 2 is 1.71 bits per heavy atom. The number of nitrogens with two attached hydrogens (primary N) is 1. The van der Waals surface area contributed by atoms with Gasteiger partial charge < -0.3 is 5.73 Å². The highest BCUT2D eigenvalue weighted by Gasteiger charge is 2.17. The van der Waals surface area contributed by atoms with Gasteiger partial charge in [0.1, 0.15) is 0 Å². The highest BCUT2D eigenvalue weighted by molar-refractivity contribution is 7.92. The summed E-state index contributed by atoms with van der Waals surface area (Å²) < 4.78 is 27.2. The van der Waals surface area contributed by atoms with Crippen LogP contribution in [-0.4, -0.2) is 8.42 Å². The Bertz CT molecular complexity index is 805. The van der Waals surface area contributed by atoms with Gasteiger partial charge in [0.2, 0.25) is 0 Å². The summed E-state index contributed by atoms with van der Waals surface area (Å²) in [5.41, 5.74) is 8.48. The maximum absolute atomic E-state index is 12.4. The van der Waals surface area contributed by atoms with E-state index in [4.69, 9.17) is 28.9 Å². The molecule has 7 heteroatoms. The number of rotatable bonds is 3. The third-order valence-corrected chi connectivity index (χ3v) is 5.28. The zero-order chi connectivity index (χ0) is 15.8. The standard InChI is InChI=1S/C14H14Cl2N2O2S/c1-8-3-6-13(9(2)14(8)17)18-21(19,20)10-4-5-11(15)12(16)7-10/h3-7,18H,17H2,1-2H3. The maximum atomic E-state index is 12.4. The maximum Gasteiger partial charge on any atom is 0.261 e. The van der Waals surface area contributed by atoms with Crippen LogP contribution >= 0.6 is 23.2 Å². The van der Waals surface area contributed by atoms with E-state index in [1.54, 1.807) is 19.1 Å². The summed E-state index contributed by atoms with van der Waals surface area (Å²) in [6, 6.07) is 7.57. The van der Waals surface area contributed by atoms with Gasteiger partial charge in [-0.3, -0.25) is 4.72 Å². The molecule has 0 unspecified atom stereocenters. The summed E-state index contributed by atoms with van der Waals surface area (Å²) in [6.45, 7) is 3.62. The van der Waals surface area contributed by atoms with Crippen LogP contribution in [0.5, 0.6) is 0 Å². The van der Waals surface area contributed by atoms with Gasteiger partial charge in [0.15, 0.2) is 0 Å². The van der Waals surface area contributed by atoms with Gasteiger partial charge >= 0.3 is 0 Å². The van der Waals surface area contributed by atoms with Crippen molar-refractivity contribution in [1.82, 2.24) is 0 Å². The molecule has 0 heterocycles. The fraction of sp³-hybridized carbons (Fsp3) is 0.143. The van der Waals surface area contributed by atoms with Crippen LogP contribution in [0, 0.1) is 13.8 Å². The minimum Gasteiger partial charge on any atom is -0.398 e. The molecule has 0 bridgehead atoms. The van der Waals surface area contributed by atoms with Gasteiger partial charge in [-0.05, 0) is 49.2 Å². The molecule has 0 aromatic heterocycles. The van der Waals surface area contributed by atoms with Crippen molar-refractivity contribution in [1.29, 1.82) is 0 Å². The number of sulfonamides is 1. The van der Waals surface area contributed by atoms with Crippen LogP contribution in [0.1, 0.15) is 11.1 Å². The topological polar surface area (TPSA) is 72.2 Å². The minimum absolute atomic E-state index is 0.0375. The van der Waals surface area contributed by atoms with Crippen LogP contribution in [0.3, 0.4) is 0 Å². The molecule has 0 amide bonds. The second-order valence-electron chi connectivity index (χ2n) is 4.65. The van der Waals surface area contributed by atoms with Crippen LogP contribution < -0.4 is 10.5 Å². The lowest BCUT2D eigenvalue weighted by atomic mass is 10.1. The van der Waals surface area contributed by atoms with E-state index >= 15 is 0 Å². The molecular weight excluding hydrogens is 331 g/mol. The van der Waals surface area contributed by atoms with Crippen molar-refractivity contribution in [2.45, 2.75) is 18.7 Å². The van der Waals surface area contributed by atoms with Crippen molar-refractivity contribution in [2.75, 3.05) is 10.5 Å². The molecule has 3 N–H and O–H groups in total. The molecule has 0 fully saturated rings. The van der Waals surface area contributed by atoms with E-state index in [1.165, 1.54) is 18.2 Å². The van der Waals surface area contributed by atoms with Crippen molar-refractivity contribution < 1.29 is 8.42 Å². The molecule has 2 aromatic rings. The Morgan fingerprint density at radius 3 is 2.33 bits per heavy atom. The van der Waals surface area contributed by atoms with Gasteiger partial charge in [0.25, 0.3) is 10.0 Å². The van der Waals surface area contributed by atoms with Gasteiger partial charge in [-0.1, -0.05) is 29.3 Å². The monoisotopic (exact) mass is 344 g/mol. The zero-order valence-corrected chi connectivity index (χ0v) is 13.8. The fourth-order valence-corrected chi connectivity index (χ4v) is 3.33. The Labute approximate surface area is 133 Å². The first-order chi connectivity index (χ1) is 9.72. The average Bonchev–Trinajstić information content (AvgIpc) is 2.42. The minimum atomic E-state index is -3.75. The van der Waals surface area contributed by atoms with Gasteiger partial charge in [-0.25, -0.2) is 8.42 Å². The van der Waals surface area contributed by atoms with E-state index < -0.39 is 10.0 Å². The molecule has 0 spiro atoms. The summed E-state index contributed by atoms with van der Waals surface area (Å²) in [4.78, 5) is 0.0375. The first-order valence-corrected chi connectivity index (χ1v) is 8.30. The summed E-state index contributed by atoms with van der Waals surface area (Å²) in [6.07, 6.45) is 0. The lowest BCUT2D eigenvalue weighted by Crippen LogP contribution is -2.14. The number of benzene rings is 2. The third kappa shape index (κ3) is 3.26. The summed E-state index contributed by atoms with van der Waals surface area (Å²) in [5, 5.41) is 0.478. The van der Waals surface area contributed by atoms with E-state index in [-0.39, 0.29) is 9.92 Å². The Morgan fingerprint density at radius 1 is 1.05 bits per heavy atom. The van der Waals surface area contributed by atoms with Crippen LogP contribution in [0.2, 0.25) is 10.0 Å². The van der Waals surface area contributed by atoms with E-state index in [0.717, 1.165) is 5.56 Å².